The van der Waals surface area contributed by atoms with E-state index in [1.54, 1.807) is 0 Å². The standard InChI is InChI=1S/C16H31NO/c1-5-11-17-13-12-14(18-15(2,3)4)16(13)9-7-6-8-10-16/h13-14,17H,5-12H2,1-4H3. The fourth-order valence-electron chi connectivity index (χ4n) is 3.83. The second kappa shape index (κ2) is 5.50. The lowest BCUT2D eigenvalue weighted by Crippen LogP contribution is -2.65. The van der Waals surface area contributed by atoms with E-state index in [4.69, 9.17) is 4.74 Å². The van der Waals surface area contributed by atoms with Gasteiger partial charge in [-0.05, 0) is 53.0 Å². The van der Waals surface area contributed by atoms with E-state index in [1.807, 2.05) is 0 Å². The fraction of sp³-hybridized carbons (Fsp3) is 1.00. The molecule has 0 amide bonds. The predicted molar refractivity (Wildman–Crippen MR) is 76.8 cm³/mol. The van der Waals surface area contributed by atoms with E-state index in [9.17, 15) is 0 Å². The summed E-state index contributed by atoms with van der Waals surface area (Å²) in [4.78, 5) is 0. The summed E-state index contributed by atoms with van der Waals surface area (Å²) >= 11 is 0. The minimum Gasteiger partial charge on any atom is -0.372 e. The zero-order chi connectivity index (χ0) is 13.2. The Bertz CT molecular complexity index is 263. The van der Waals surface area contributed by atoms with Crippen LogP contribution in [0.3, 0.4) is 0 Å². The highest BCUT2D eigenvalue weighted by atomic mass is 16.5. The summed E-state index contributed by atoms with van der Waals surface area (Å²) in [6, 6.07) is 0.713. The molecule has 106 valence electrons. The first-order chi connectivity index (χ1) is 8.48. The molecule has 1 spiro atoms. The molecule has 2 rings (SSSR count). The summed E-state index contributed by atoms with van der Waals surface area (Å²) in [6.07, 6.45) is 9.90. The number of nitrogens with one attached hydrogen (secondary N) is 1. The van der Waals surface area contributed by atoms with Crippen molar-refractivity contribution in [2.75, 3.05) is 6.54 Å². The molecule has 0 aromatic heterocycles. The molecule has 0 radical (unpaired) electrons. The van der Waals surface area contributed by atoms with Gasteiger partial charge in [0.1, 0.15) is 0 Å². The van der Waals surface area contributed by atoms with Gasteiger partial charge in [0.05, 0.1) is 11.7 Å². The van der Waals surface area contributed by atoms with Crippen LogP contribution in [0.5, 0.6) is 0 Å². The maximum atomic E-state index is 6.34. The molecule has 2 nitrogen and oxygen atoms in total. The third-order valence-electron chi connectivity index (χ3n) is 4.71. The van der Waals surface area contributed by atoms with Gasteiger partial charge >= 0.3 is 0 Å². The van der Waals surface area contributed by atoms with Crippen molar-refractivity contribution in [3.05, 3.63) is 0 Å². The summed E-state index contributed by atoms with van der Waals surface area (Å²) in [5, 5.41) is 3.77. The van der Waals surface area contributed by atoms with Crippen molar-refractivity contribution in [3.8, 4) is 0 Å². The van der Waals surface area contributed by atoms with Gasteiger partial charge in [-0.3, -0.25) is 0 Å². The molecule has 0 bridgehead atoms. The Morgan fingerprint density at radius 1 is 1.17 bits per heavy atom. The van der Waals surface area contributed by atoms with E-state index in [1.165, 1.54) is 44.9 Å². The molecule has 1 N–H and O–H groups in total. The normalized spacial score (nSPS) is 31.3. The van der Waals surface area contributed by atoms with Crippen LogP contribution in [0.2, 0.25) is 0 Å². The average Bonchev–Trinajstić information content (AvgIpc) is 2.32. The van der Waals surface area contributed by atoms with Gasteiger partial charge in [0.2, 0.25) is 0 Å². The Balaban J connectivity index is 2.00. The summed E-state index contributed by atoms with van der Waals surface area (Å²) < 4.78 is 6.34. The quantitative estimate of drug-likeness (QED) is 0.820. The second-order valence-electron chi connectivity index (χ2n) is 7.26. The smallest absolute Gasteiger partial charge is 0.0668 e. The van der Waals surface area contributed by atoms with Crippen molar-refractivity contribution < 1.29 is 4.74 Å². The minimum absolute atomic E-state index is 0.00480. The Kier molecular flexibility index (Phi) is 4.38. The summed E-state index contributed by atoms with van der Waals surface area (Å²) in [5.74, 6) is 0. The van der Waals surface area contributed by atoms with E-state index >= 15 is 0 Å². The topological polar surface area (TPSA) is 21.3 Å². The number of hydrogen-bond acceptors (Lipinski definition) is 2. The molecule has 2 saturated carbocycles. The van der Waals surface area contributed by atoms with Crippen LogP contribution in [-0.2, 0) is 4.74 Å². The Labute approximate surface area is 113 Å². The van der Waals surface area contributed by atoms with E-state index in [0.29, 0.717) is 17.6 Å². The Hall–Kier alpha value is -0.0800. The van der Waals surface area contributed by atoms with Gasteiger partial charge in [-0.2, -0.15) is 0 Å². The summed E-state index contributed by atoms with van der Waals surface area (Å²) in [6.45, 7) is 9.99. The SMILES string of the molecule is CCCNC1CC(OC(C)(C)C)C12CCCCC2. The van der Waals surface area contributed by atoms with Gasteiger partial charge in [-0.15, -0.1) is 0 Å². The van der Waals surface area contributed by atoms with Crippen molar-refractivity contribution in [2.24, 2.45) is 5.41 Å². The highest BCUT2D eigenvalue weighted by molar-refractivity contribution is 5.09. The lowest BCUT2D eigenvalue weighted by Gasteiger charge is -2.59. The van der Waals surface area contributed by atoms with E-state index in [-0.39, 0.29) is 5.60 Å². The van der Waals surface area contributed by atoms with Crippen LogP contribution in [0.25, 0.3) is 0 Å². The number of rotatable bonds is 4. The van der Waals surface area contributed by atoms with Crippen LogP contribution in [0.1, 0.15) is 72.6 Å². The van der Waals surface area contributed by atoms with Crippen LogP contribution < -0.4 is 5.32 Å². The Morgan fingerprint density at radius 3 is 2.39 bits per heavy atom. The Morgan fingerprint density at radius 2 is 1.83 bits per heavy atom. The monoisotopic (exact) mass is 253 g/mol. The largest absolute Gasteiger partial charge is 0.372 e. The van der Waals surface area contributed by atoms with Crippen LogP contribution in [0.15, 0.2) is 0 Å². The first kappa shape index (κ1) is 14.3. The fourth-order valence-corrected chi connectivity index (χ4v) is 3.83. The van der Waals surface area contributed by atoms with Gasteiger partial charge in [0.15, 0.2) is 0 Å². The zero-order valence-corrected chi connectivity index (χ0v) is 12.7. The molecule has 2 heteroatoms. The highest BCUT2D eigenvalue weighted by Gasteiger charge is 2.56. The van der Waals surface area contributed by atoms with Crippen LogP contribution in [-0.4, -0.2) is 24.3 Å². The van der Waals surface area contributed by atoms with Crippen molar-refractivity contribution in [3.63, 3.8) is 0 Å². The van der Waals surface area contributed by atoms with E-state index < -0.39 is 0 Å². The van der Waals surface area contributed by atoms with Gasteiger partial charge < -0.3 is 10.1 Å². The lowest BCUT2D eigenvalue weighted by molar-refractivity contribution is -0.197. The molecule has 0 aromatic rings. The molecule has 2 atom stereocenters. The van der Waals surface area contributed by atoms with E-state index in [0.717, 1.165) is 6.54 Å². The third-order valence-corrected chi connectivity index (χ3v) is 4.71. The highest BCUT2D eigenvalue weighted by Crippen LogP contribution is 2.54. The van der Waals surface area contributed by atoms with E-state index in [2.05, 4.69) is 33.0 Å². The van der Waals surface area contributed by atoms with Gasteiger partial charge in [-0.25, -0.2) is 0 Å². The lowest BCUT2D eigenvalue weighted by atomic mass is 9.55. The molecule has 2 fully saturated rings. The molecule has 0 heterocycles. The van der Waals surface area contributed by atoms with Crippen LogP contribution >= 0.6 is 0 Å². The summed E-state index contributed by atoms with van der Waals surface area (Å²) in [7, 11) is 0. The third kappa shape index (κ3) is 2.91. The molecule has 2 aliphatic carbocycles. The van der Waals surface area contributed by atoms with Crippen LogP contribution in [0.4, 0.5) is 0 Å². The molecule has 2 unspecified atom stereocenters. The molecule has 2 aliphatic rings. The van der Waals surface area contributed by atoms with Crippen LogP contribution in [0, 0.1) is 5.41 Å². The first-order valence-corrected chi connectivity index (χ1v) is 7.89. The van der Waals surface area contributed by atoms with Crippen molar-refractivity contribution >= 4 is 0 Å². The maximum absolute atomic E-state index is 6.34. The zero-order valence-electron chi connectivity index (χ0n) is 12.7. The molecule has 0 aromatic carbocycles. The number of hydrogen-bond donors (Lipinski definition) is 1. The first-order valence-electron chi connectivity index (χ1n) is 7.89. The van der Waals surface area contributed by atoms with Crippen molar-refractivity contribution in [1.29, 1.82) is 0 Å². The molecule has 18 heavy (non-hydrogen) atoms. The molecular weight excluding hydrogens is 222 g/mol. The van der Waals surface area contributed by atoms with Crippen molar-refractivity contribution in [1.82, 2.24) is 5.32 Å². The predicted octanol–water partition coefficient (Wildman–Crippen LogP) is 3.89. The van der Waals surface area contributed by atoms with Gasteiger partial charge in [0, 0.05) is 11.5 Å². The van der Waals surface area contributed by atoms with Crippen molar-refractivity contribution in [2.45, 2.75) is 90.4 Å². The molecular formula is C16H31NO. The number of ether oxygens (including phenoxy) is 1. The second-order valence-corrected chi connectivity index (χ2v) is 7.26. The average molecular weight is 253 g/mol. The molecule has 0 aliphatic heterocycles. The van der Waals surface area contributed by atoms with Gasteiger partial charge in [-0.1, -0.05) is 26.2 Å². The maximum Gasteiger partial charge on any atom is 0.0668 e. The van der Waals surface area contributed by atoms with Gasteiger partial charge in [0.25, 0.3) is 0 Å². The molecule has 0 saturated heterocycles. The summed E-state index contributed by atoms with van der Waals surface area (Å²) in [5.41, 5.74) is 0.464. The minimum atomic E-state index is 0.00480.